The molecule has 4 heteroatoms. The molecule has 0 atom stereocenters. The Labute approximate surface area is 120 Å². The molecular weight excluding hydrogens is 319 g/mol. The van der Waals surface area contributed by atoms with E-state index < -0.39 is 26.8 Å². The fourth-order valence-electron chi connectivity index (χ4n) is 2.24. The van der Waals surface area contributed by atoms with Crippen LogP contribution in [-0.4, -0.2) is 20.1 Å². The molecule has 0 aromatic carbocycles. The molecule has 0 saturated carbocycles. The number of allylic oxidation sites excluding steroid dienone is 8. The van der Waals surface area contributed by atoms with Gasteiger partial charge in [0, 0.05) is 0 Å². The van der Waals surface area contributed by atoms with E-state index in [4.69, 9.17) is 10.2 Å². The van der Waals surface area contributed by atoms with Crippen molar-refractivity contribution in [3.05, 3.63) is 43.0 Å². The van der Waals surface area contributed by atoms with Gasteiger partial charge in [-0.15, -0.1) is 0 Å². The van der Waals surface area contributed by atoms with Crippen LogP contribution >= 0.6 is 0 Å². The van der Waals surface area contributed by atoms with Gasteiger partial charge in [0.2, 0.25) is 0 Å². The monoisotopic (exact) mass is 341 g/mol. The topological polar surface area (TPSA) is 46.1 Å². The van der Waals surface area contributed by atoms with E-state index >= 15 is 0 Å². The van der Waals surface area contributed by atoms with Crippen LogP contribution in [0.15, 0.2) is 43.0 Å². The molecule has 18 heavy (non-hydrogen) atoms. The molecule has 0 spiro atoms. The second-order valence-corrected chi connectivity index (χ2v) is 23.6. The average molecular weight is 343 g/mol. The molecule has 0 fully saturated rings. The Kier molecular flexibility index (Phi) is 10.8. The molecule has 2 aliphatic rings. The van der Waals surface area contributed by atoms with Gasteiger partial charge in [-0.25, -0.2) is 0 Å². The zero-order chi connectivity index (χ0) is 14.0. The van der Waals surface area contributed by atoms with Crippen molar-refractivity contribution in [2.45, 2.75) is 25.9 Å². The Morgan fingerprint density at radius 2 is 1.28 bits per heavy atom. The van der Waals surface area contributed by atoms with Crippen LogP contribution < -0.4 is 10.2 Å². The first-order chi connectivity index (χ1) is 8.79. The minimum atomic E-state index is -1.29. The van der Waals surface area contributed by atoms with E-state index in [-0.39, 0.29) is 0 Å². The van der Waals surface area contributed by atoms with E-state index in [0.717, 1.165) is 14.2 Å². The molecule has 0 unspecified atom stereocenters. The van der Waals surface area contributed by atoms with Gasteiger partial charge in [0.25, 0.3) is 0 Å². The molecule has 0 saturated heterocycles. The first kappa shape index (κ1) is 18.0. The number of hydrogen-bond donors (Lipinski definition) is 0. The molecular formula is C14H23O2SiZr. The zero-order valence-electron chi connectivity index (χ0n) is 11.8. The van der Waals surface area contributed by atoms with Gasteiger partial charge in [0.1, 0.15) is 0 Å². The molecule has 2 rings (SSSR count). The third-order valence-corrected chi connectivity index (χ3v) is 22.1. The summed E-state index contributed by atoms with van der Waals surface area (Å²) in [6, 6.07) is 0. The summed E-state index contributed by atoms with van der Waals surface area (Å²) in [5.41, 5.74) is 0. The maximum atomic E-state index is 8.25. The molecule has 0 aromatic rings. The molecule has 0 aromatic heterocycles. The van der Waals surface area contributed by atoms with Crippen LogP contribution in [0.1, 0.15) is 12.8 Å². The first-order valence-electron chi connectivity index (χ1n) is 6.19. The summed E-state index contributed by atoms with van der Waals surface area (Å²) in [6.07, 6.45) is 16.6. The van der Waals surface area contributed by atoms with Crippen molar-refractivity contribution in [1.82, 2.24) is 0 Å². The summed E-state index contributed by atoms with van der Waals surface area (Å²) in [5.74, 6) is -0.412. The Hall–Kier alpha value is -0.0200. The van der Waals surface area contributed by atoms with Gasteiger partial charge in [0.15, 0.2) is 0 Å². The average Bonchev–Trinajstić information content (AvgIpc) is 3.08. The van der Waals surface area contributed by atoms with Crippen LogP contribution in [0, 0.1) is 0 Å². The second kappa shape index (κ2) is 10.9. The Morgan fingerprint density at radius 3 is 1.50 bits per heavy atom. The van der Waals surface area contributed by atoms with Gasteiger partial charge >= 0.3 is 95.8 Å². The third kappa shape index (κ3) is 5.31. The molecule has 2 aliphatic carbocycles. The Balaban J connectivity index is 0.000000659. The Morgan fingerprint density at radius 1 is 0.889 bits per heavy atom. The summed E-state index contributed by atoms with van der Waals surface area (Å²) in [6.45, 7) is 5.10. The zero-order valence-corrected chi connectivity index (χ0v) is 15.4. The molecule has 0 aliphatic heterocycles. The third-order valence-electron chi connectivity index (χ3n) is 2.81. The predicted molar refractivity (Wildman–Crippen MR) is 74.4 cm³/mol. The minimum absolute atomic E-state index is 0.412. The Bertz CT molecular complexity index is 314. The van der Waals surface area contributed by atoms with Crippen molar-refractivity contribution in [2.75, 3.05) is 14.2 Å². The molecule has 0 bridgehead atoms. The fraction of sp³-hybridized carbons (Fsp3) is 0.429. The molecule has 0 heterocycles. The van der Waals surface area contributed by atoms with Crippen molar-refractivity contribution in [3.63, 3.8) is 0 Å². The quantitative estimate of drug-likeness (QED) is 0.724. The predicted octanol–water partition coefficient (Wildman–Crippen LogP) is 1.23. The van der Waals surface area contributed by atoms with Gasteiger partial charge < -0.3 is 10.2 Å². The van der Waals surface area contributed by atoms with Crippen LogP contribution in [0.5, 0.6) is 0 Å². The summed E-state index contributed by atoms with van der Waals surface area (Å²) < 4.78 is 3.70. The van der Waals surface area contributed by atoms with Crippen LogP contribution in [0.3, 0.4) is 0 Å². The molecule has 99 valence electrons. The summed E-state index contributed by atoms with van der Waals surface area (Å²) >= 11 is -1.29. The molecule has 0 amide bonds. The SMILES string of the molecule is C[O-].C[O-].C[SiH](C)[Zr+2]([C]1=CC=CC1)[C]1=CC=CC1. The maximum absolute atomic E-state index is 8.25. The standard InChI is InChI=1S/2C5H5.C2H7Si.2CH3O.Zr/c2*1-2-4-5-3-1;1-3-2;2*1-2;/h2*1-3H,4H2;3H,1-2H3;2*1H3;/q;;;2*-1;+2. The van der Waals surface area contributed by atoms with Crippen LogP contribution in [-0.2, 0) is 20.9 Å². The van der Waals surface area contributed by atoms with Crippen molar-refractivity contribution < 1.29 is 31.1 Å². The summed E-state index contributed by atoms with van der Waals surface area (Å²) in [5, 5.41) is 16.5. The van der Waals surface area contributed by atoms with Crippen molar-refractivity contribution in [2.24, 2.45) is 0 Å². The molecule has 2 nitrogen and oxygen atoms in total. The van der Waals surface area contributed by atoms with Crippen LogP contribution in [0.25, 0.3) is 0 Å². The fourth-order valence-corrected chi connectivity index (χ4v) is 21.2. The number of hydrogen-bond acceptors (Lipinski definition) is 2. The normalized spacial score (nSPS) is 15.5. The molecule has 0 radical (unpaired) electrons. The summed E-state index contributed by atoms with van der Waals surface area (Å²) in [4.78, 5) is 0. The first-order valence-corrected chi connectivity index (χ1v) is 15.8. The van der Waals surface area contributed by atoms with E-state index in [0.29, 0.717) is 0 Å². The van der Waals surface area contributed by atoms with E-state index in [1.807, 2.05) is 6.56 Å². The van der Waals surface area contributed by atoms with Crippen molar-refractivity contribution >= 4 is 5.92 Å². The van der Waals surface area contributed by atoms with Gasteiger partial charge in [0.05, 0.1) is 0 Å². The van der Waals surface area contributed by atoms with Crippen LogP contribution in [0.2, 0.25) is 13.1 Å². The van der Waals surface area contributed by atoms with E-state index in [1.165, 1.54) is 12.8 Å². The van der Waals surface area contributed by atoms with Gasteiger partial charge in [-0.3, -0.25) is 0 Å². The van der Waals surface area contributed by atoms with E-state index in [9.17, 15) is 0 Å². The van der Waals surface area contributed by atoms with Gasteiger partial charge in [-0.05, 0) is 0 Å². The number of rotatable bonds is 3. The van der Waals surface area contributed by atoms with Crippen molar-refractivity contribution in [3.8, 4) is 0 Å². The molecule has 0 N–H and O–H groups in total. The van der Waals surface area contributed by atoms with Crippen LogP contribution in [0.4, 0.5) is 0 Å². The van der Waals surface area contributed by atoms with Gasteiger partial charge in [-0.1, -0.05) is 0 Å². The second-order valence-electron chi connectivity index (χ2n) is 4.22. The van der Waals surface area contributed by atoms with E-state index in [1.54, 1.807) is 0 Å². The van der Waals surface area contributed by atoms with Crippen molar-refractivity contribution in [1.29, 1.82) is 0 Å². The van der Waals surface area contributed by atoms with E-state index in [2.05, 4.69) is 49.6 Å². The summed E-state index contributed by atoms with van der Waals surface area (Å²) in [7, 11) is 1.50. The van der Waals surface area contributed by atoms with Gasteiger partial charge in [-0.2, -0.15) is 14.2 Å².